The Morgan fingerprint density at radius 1 is 1.60 bits per heavy atom. The molecule has 6 heteroatoms. The summed E-state index contributed by atoms with van der Waals surface area (Å²) < 4.78 is 4.06. The first kappa shape index (κ1) is 10.4. The van der Waals surface area contributed by atoms with Crippen LogP contribution in [0.5, 0.6) is 0 Å². The standard InChI is InChI=1S/C9H9N3OS2/c1-5-2-7(15-12-5)9(13)6-4-14-8(3-10)11-6/h2,4H,3,10H2,1H3. The molecule has 0 radical (unpaired) electrons. The summed E-state index contributed by atoms with van der Waals surface area (Å²) >= 11 is 2.61. The third kappa shape index (κ3) is 2.11. The van der Waals surface area contributed by atoms with Gasteiger partial charge >= 0.3 is 0 Å². The van der Waals surface area contributed by atoms with Gasteiger partial charge in [-0.05, 0) is 24.5 Å². The van der Waals surface area contributed by atoms with Crippen LogP contribution in [0.25, 0.3) is 0 Å². The maximum absolute atomic E-state index is 11.9. The van der Waals surface area contributed by atoms with Gasteiger partial charge in [-0.25, -0.2) is 4.98 Å². The molecular formula is C9H9N3OS2. The highest BCUT2D eigenvalue weighted by Crippen LogP contribution is 2.17. The summed E-state index contributed by atoms with van der Waals surface area (Å²) in [4.78, 5) is 16.6. The average Bonchev–Trinajstić information content (AvgIpc) is 2.84. The first-order valence-corrected chi connectivity index (χ1v) is 5.98. The van der Waals surface area contributed by atoms with Crippen LogP contribution in [0, 0.1) is 6.92 Å². The predicted molar refractivity (Wildman–Crippen MR) is 60.3 cm³/mol. The van der Waals surface area contributed by atoms with E-state index < -0.39 is 0 Å². The first-order valence-electron chi connectivity index (χ1n) is 4.33. The lowest BCUT2D eigenvalue weighted by Gasteiger charge is -1.89. The Balaban J connectivity index is 2.28. The summed E-state index contributed by atoms with van der Waals surface area (Å²) in [7, 11) is 0. The lowest BCUT2D eigenvalue weighted by Crippen LogP contribution is -2.01. The topological polar surface area (TPSA) is 68.9 Å². The van der Waals surface area contributed by atoms with Crippen molar-refractivity contribution in [2.45, 2.75) is 13.5 Å². The number of aryl methyl sites for hydroxylation is 1. The molecule has 0 aliphatic carbocycles. The van der Waals surface area contributed by atoms with Crippen molar-refractivity contribution >= 4 is 28.7 Å². The van der Waals surface area contributed by atoms with Crippen molar-refractivity contribution < 1.29 is 4.79 Å². The second-order valence-corrected chi connectivity index (χ2v) is 4.74. The predicted octanol–water partition coefficient (Wildman–Crippen LogP) is 1.60. The molecule has 0 spiro atoms. The molecule has 2 aromatic rings. The largest absolute Gasteiger partial charge is 0.325 e. The molecule has 0 bridgehead atoms. The van der Waals surface area contributed by atoms with Crippen LogP contribution in [0.4, 0.5) is 0 Å². The van der Waals surface area contributed by atoms with Gasteiger partial charge in [0.15, 0.2) is 0 Å². The van der Waals surface area contributed by atoms with Gasteiger partial charge in [0.1, 0.15) is 10.7 Å². The van der Waals surface area contributed by atoms with Crippen molar-refractivity contribution in [1.82, 2.24) is 9.36 Å². The summed E-state index contributed by atoms with van der Waals surface area (Å²) in [6.45, 7) is 2.24. The molecule has 4 nitrogen and oxygen atoms in total. The van der Waals surface area contributed by atoms with E-state index in [2.05, 4.69) is 9.36 Å². The lowest BCUT2D eigenvalue weighted by molar-refractivity contribution is 0.103. The number of nitrogens with two attached hydrogens (primary N) is 1. The first-order chi connectivity index (χ1) is 7.20. The molecule has 0 amide bonds. The van der Waals surface area contributed by atoms with E-state index >= 15 is 0 Å². The van der Waals surface area contributed by atoms with Gasteiger partial charge in [0.2, 0.25) is 5.78 Å². The molecule has 0 saturated carbocycles. The van der Waals surface area contributed by atoms with E-state index in [9.17, 15) is 4.79 Å². The molecule has 0 unspecified atom stereocenters. The van der Waals surface area contributed by atoms with Gasteiger partial charge in [0, 0.05) is 11.9 Å². The zero-order chi connectivity index (χ0) is 10.8. The highest BCUT2D eigenvalue weighted by molar-refractivity contribution is 7.10. The normalized spacial score (nSPS) is 10.5. The van der Waals surface area contributed by atoms with Crippen molar-refractivity contribution in [1.29, 1.82) is 0 Å². The Hall–Kier alpha value is -1.11. The summed E-state index contributed by atoms with van der Waals surface area (Å²) in [6.07, 6.45) is 0. The summed E-state index contributed by atoms with van der Waals surface area (Å²) in [6, 6.07) is 1.77. The van der Waals surface area contributed by atoms with Crippen LogP contribution in [0.3, 0.4) is 0 Å². The highest BCUT2D eigenvalue weighted by Gasteiger charge is 2.15. The van der Waals surface area contributed by atoms with Crippen LogP contribution in [0.15, 0.2) is 11.4 Å². The third-order valence-corrected chi connectivity index (χ3v) is 3.56. The Morgan fingerprint density at radius 3 is 2.93 bits per heavy atom. The molecule has 2 heterocycles. The van der Waals surface area contributed by atoms with Gasteiger partial charge in [0.05, 0.1) is 10.6 Å². The van der Waals surface area contributed by atoms with Crippen LogP contribution in [-0.2, 0) is 6.54 Å². The van der Waals surface area contributed by atoms with Crippen LogP contribution in [0.2, 0.25) is 0 Å². The van der Waals surface area contributed by atoms with Crippen molar-refractivity contribution in [3.63, 3.8) is 0 Å². The summed E-state index contributed by atoms with van der Waals surface area (Å²) in [5.41, 5.74) is 6.75. The zero-order valence-corrected chi connectivity index (χ0v) is 9.69. The van der Waals surface area contributed by atoms with E-state index in [0.717, 1.165) is 10.7 Å². The number of carbonyl (C=O) groups excluding carboxylic acids is 1. The Morgan fingerprint density at radius 2 is 2.40 bits per heavy atom. The Kier molecular flexibility index (Phi) is 2.90. The Bertz CT molecular complexity index is 489. The van der Waals surface area contributed by atoms with Gasteiger partial charge in [-0.15, -0.1) is 11.3 Å². The minimum Gasteiger partial charge on any atom is -0.325 e. The SMILES string of the molecule is Cc1cc(C(=O)c2csc(CN)n2)sn1. The van der Waals surface area contributed by atoms with Gasteiger partial charge in [-0.2, -0.15) is 4.37 Å². The van der Waals surface area contributed by atoms with Gasteiger partial charge in [-0.3, -0.25) is 4.79 Å². The fraction of sp³-hybridized carbons (Fsp3) is 0.222. The quantitative estimate of drug-likeness (QED) is 0.826. The Labute approximate surface area is 94.9 Å². The molecule has 0 fully saturated rings. The number of nitrogens with zero attached hydrogens (tertiary/aromatic N) is 2. The zero-order valence-electron chi connectivity index (χ0n) is 8.06. The highest BCUT2D eigenvalue weighted by atomic mass is 32.1. The van der Waals surface area contributed by atoms with E-state index in [-0.39, 0.29) is 5.78 Å². The van der Waals surface area contributed by atoms with Gasteiger partial charge in [0.25, 0.3) is 0 Å². The van der Waals surface area contributed by atoms with Crippen LogP contribution < -0.4 is 5.73 Å². The van der Waals surface area contributed by atoms with Crippen molar-refractivity contribution in [3.8, 4) is 0 Å². The lowest BCUT2D eigenvalue weighted by atomic mass is 10.2. The molecule has 2 rings (SSSR count). The molecule has 0 saturated heterocycles. The average molecular weight is 239 g/mol. The number of thiazole rings is 1. The molecule has 0 aliphatic heterocycles. The van der Waals surface area contributed by atoms with Crippen LogP contribution in [-0.4, -0.2) is 15.1 Å². The smallest absolute Gasteiger partial charge is 0.223 e. The van der Waals surface area contributed by atoms with E-state index in [1.807, 2.05) is 6.92 Å². The second-order valence-electron chi connectivity index (χ2n) is 2.99. The molecule has 15 heavy (non-hydrogen) atoms. The molecule has 0 aliphatic rings. The third-order valence-electron chi connectivity index (χ3n) is 1.81. The van der Waals surface area contributed by atoms with Crippen LogP contribution >= 0.6 is 22.9 Å². The number of carbonyl (C=O) groups is 1. The fourth-order valence-corrected chi connectivity index (χ4v) is 2.47. The van der Waals surface area contributed by atoms with Gasteiger partial charge in [-0.1, -0.05) is 0 Å². The number of ketones is 1. The number of hydrogen-bond donors (Lipinski definition) is 1. The molecule has 0 atom stereocenters. The second kappa shape index (κ2) is 4.18. The number of rotatable bonds is 3. The van der Waals surface area contributed by atoms with Crippen molar-refractivity contribution in [3.05, 3.63) is 32.7 Å². The number of hydrogen-bond acceptors (Lipinski definition) is 6. The maximum Gasteiger partial charge on any atom is 0.223 e. The fourth-order valence-electron chi connectivity index (χ4n) is 1.11. The van der Waals surface area contributed by atoms with Crippen molar-refractivity contribution in [2.24, 2.45) is 5.73 Å². The molecule has 2 aromatic heterocycles. The van der Waals surface area contributed by atoms with E-state index in [1.165, 1.54) is 22.9 Å². The molecule has 78 valence electrons. The van der Waals surface area contributed by atoms with E-state index in [1.54, 1.807) is 11.4 Å². The molecular weight excluding hydrogens is 230 g/mol. The number of aromatic nitrogens is 2. The summed E-state index contributed by atoms with van der Waals surface area (Å²) in [5, 5.41) is 2.51. The van der Waals surface area contributed by atoms with E-state index in [0.29, 0.717) is 17.1 Å². The van der Waals surface area contributed by atoms with Crippen molar-refractivity contribution in [2.75, 3.05) is 0 Å². The minimum absolute atomic E-state index is 0.0726. The van der Waals surface area contributed by atoms with Gasteiger partial charge < -0.3 is 5.73 Å². The van der Waals surface area contributed by atoms with E-state index in [4.69, 9.17) is 5.73 Å². The molecule has 2 N–H and O–H groups in total. The molecule has 0 aromatic carbocycles. The monoisotopic (exact) mass is 239 g/mol. The minimum atomic E-state index is -0.0726. The maximum atomic E-state index is 11.9. The summed E-state index contributed by atoms with van der Waals surface area (Å²) in [5.74, 6) is -0.0726. The van der Waals surface area contributed by atoms with Crippen LogP contribution in [0.1, 0.15) is 26.1 Å².